The van der Waals surface area contributed by atoms with Crippen molar-refractivity contribution in [3.05, 3.63) is 28.7 Å². The smallest absolute Gasteiger partial charge is 0.232 e. The number of hydrogen-bond acceptors (Lipinski definition) is 3. The zero-order chi connectivity index (χ0) is 15.9. The SMILES string of the molecule is CCCCNC(=O)CCN(c1cccc(Br)c1)S(C)(=O)=O. The van der Waals surface area contributed by atoms with Crippen LogP contribution in [0.25, 0.3) is 0 Å². The number of halogens is 1. The zero-order valence-electron chi connectivity index (χ0n) is 12.3. The summed E-state index contributed by atoms with van der Waals surface area (Å²) in [6.07, 6.45) is 3.22. The second-order valence-corrected chi connectivity index (χ2v) is 7.59. The molecule has 7 heteroatoms. The van der Waals surface area contributed by atoms with E-state index in [-0.39, 0.29) is 18.9 Å². The van der Waals surface area contributed by atoms with Gasteiger partial charge in [-0.05, 0) is 24.6 Å². The van der Waals surface area contributed by atoms with Gasteiger partial charge in [0.2, 0.25) is 15.9 Å². The first-order chi connectivity index (χ1) is 9.84. The lowest BCUT2D eigenvalue weighted by atomic mass is 10.3. The Morgan fingerprint density at radius 2 is 2.10 bits per heavy atom. The molecule has 21 heavy (non-hydrogen) atoms. The monoisotopic (exact) mass is 376 g/mol. The third-order valence-electron chi connectivity index (χ3n) is 2.89. The summed E-state index contributed by atoms with van der Waals surface area (Å²) in [4.78, 5) is 11.7. The molecule has 0 aromatic heterocycles. The molecule has 1 aromatic rings. The molecule has 0 atom stereocenters. The molecule has 0 fully saturated rings. The van der Waals surface area contributed by atoms with Gasteiger partial charge in [-0.15, -0.1) is 0 Å². The minimum Gasteiger partial charge on any atom is -0.356 e. The highest BCUT2D eigenvalue weighted by molar-refractivity contribution is 9.10. The quantitative estimate of drug-likeness (QED) is 0.708. The van der Waals surface area contributed by atoms with Crippen LogP contribution in [0, 0.1) is 0 Å². The maximum absolute atomic E-state index is 11.9. The number of nitrogens with one attached hydrogen (secondary N) is 1. The third kappa shape index (κ3) is 6.48. The van der Waals surface area contributed by atoms with Crippen LogP contribution in [0.1, 0.15) is 26.2 Å². The number of rotatable bonds is 8. The molecule has 1 N–H and O–H groups in total. The highest BCUT2D eigenvalue weighted by Gasteiger charge is 2.18. The fourth-order valence-corrected chi connectivity index (χ4v) is 3.12. The molecular weight excluding hydrogens is 356 g/mol. The molecule has 1 amide bonds. The largest absolute Gasteiger partial charge is 0.356 e. The molecule has 1 aromatic carbocycles. The standard InChI is InChI=1S/C14H21BrN2O3S/c1-3-4-9-16-14(18)8-10-17(21(2,19)20)13-7-5-6-12(15)11-13/h5-7,11H,3-4,8-10H2,1-2H3,(H,16,18). The molecule has 0 unspecified atom stereocenters. The van der Waals surface area contributed by atoms with Gasteiger partial charge in [0.05, 0.1) is 11.9 Å². The number of carbonyl (C=O) groups is 1. The maximum Gasteiger partial charge on any atom is 0.232 e. The fourth-order valence-electron chi connectivity index (χ4n) is 1.81. The highest BCUT2D eigenvalue weighted by atomic mass is 79.9. The van der Waals surface area contributed by atoms with Crippen LogP contribution in [-0.2, 0) is 14.8 Å². The molecule has 0 spiro atoms. The first kappa shape index (κ1) is 18.0. The number of sulfonamides is 1. The molecule has 1 rings (SSSR count). The minimum absolute atomic E-state index is 0.132. The minimum atomic E-state index is -3.42. The fraction of sp³-hybridized carbons (Fsp3) is 0.500. The zero-order valence-corrected chi connectivity index (χ0v) is 14.7. The van der Waals surface area contributed by atoms with Crippen LogP contribution in [0.4, 0.5) is 5.69 Å². The van der Waals surface area contributed by atoms with Crippen molar-refractivity contribution in [3.8, 4) is 0 Å². The van der Waals surface area contributed by atoms with E-state index in [0.29, 0.717) is 12.2 Å². The Labute approximate surface area is 134 Å². The van der Waals surface area contributed by atoms with Crippen LogP contribution >= 0.6 is 15.9 Å². The summed E-state index contributed by atoms with van der Waals surface area (Å²) in [6.45, 7) is 2.81. The van der Waals surface area contributed by atoms with Crippen molar-refractivity contribution in [2.24, 2.45) is 0 Å². The summed E-state index contributed by atoms with van der Waals surface area (Å²) in [7, 11) is -3.42. The molecule has 0 aliphatic heterocycles. The van der Waals surface area contributed by atoms with Gasteiger partial charge in [0, 0.05) is 24.0 Å². The lowest BCUT2D eigenvalue weighted by Crippen LogP contribution is -2.34. The first-order valence-electron chi connectivity index (χ1n) is 6.84. The number of carbonyl (C=O) groups excluding carboxylic acids is 1. The Morgan fingerprint density at radius 1 is 1.38 bits per heavy atom. The molecule has 0 saturated carbocycles. The average molecular weight is 377 g/mol. The second kappa shape index (κ2) is 8.38. The molecule has 0 heterocycles. The summed E-state index contributed by atoms with van der Waals surface area (Å²) < 4.78 is 25.8. The van der Waals surface area contributed by atoms with Gasteiger partial charge < -0.3 is 5.32 Å². The van der Waals surface area contributed by atoms with Crippen molar-refractivity contribution in [1.82, 2.24) is 5.32 Å². The number of hydrogen-bond donors (Lipinski definition) is 1. The second-order valence-electron chi connectivity index (χ2n) is 4.77. The third-order valence-corrected chi connectivity index (χ3v) is 4.58. The Morgan fingerprint density at radius 3 is 2.67 bits per heavy atom. The van der Waals surface area contributed by atoms with Crippen molar-refractivity contribution >= 4 is 37.5 Å². The molecule has 0 bridgehead atoms. The van der Waals surface area contributed by atoms with E-state index in [1.807, 2.05) is 13.0 Å². The summed E-state index contributed by atoms with van der Waals surface area (Å²) in [5, 5.41) is 2.78. The lowest BCUT2D eigenvalue weighted by molar-refractivity contribution is -0.120. The predicted octanol–water partition coefficient (Wildman–Crippen LogP) is 2.52. The summed E-state index contributed by atoms with van der Waals surface area (Å²) in [6, 6.07) is 7.01. The first-order valence-corrected chi connectivity index (χ1v) is 9.48. The molecule has 0 radical (unpaired) electrons. The molecule has 118 valence electrons. The van der Waals surface area contributed by atoms with E-state index in [0.717, 1.165) is 23.6 Å². The van der Waals surface area contributed by atoms with E-state index in [1.165, 1.54) is 4.31 Å². The van der Waals surface area contributed by atoms with Crippen LogP contribution in [0.3, 0.4) is 0 Å². The van der Waals surface area contributed by atoms with Crippen LogP contribution in [-0.4, -0.2) is 33.7 Å². The molecule has 0 aliphatic carbocycles. The maximum atomic E-state index is 11.9. The summed E-state index contributed by atoms with van der Waals surface area (Å²) >= 11 is 3.32. The summed E-state index contributed by atoms with van der Waals surface area (Å²) in [5.74, 6) is -0.132. The molecular formula is C14H21BrN2O3S. The van der Waals surface area contributed by atoms with Crippen LogP contribution in [0.2, 0.25) is 0 Å². The van der Waals surface area contributed by atoms with Gasteiger partial charge in [-0.3, -0.25) is 9.10 Å². The van der Waals surface area contributed by atoms with Crippen molar-refractivity contribution in [2.45, 2.75) is 26.2 Å². The van der Waals surface area contributed by atoms with E-state index in [4.69, 9.17) is 0 Å². The average Bonchev–Trinajstić information content (AvgIpc) is 2.37. The number of anilines is 1. The van der Waals surface area contributed by atoms with Crippen LogP contribution in [0.15, 0.2) is 28.7 Å². The van der Waals surface area contributed by atoms with E-state index in [2.05, 4.69) is 21.2 Å². The van der Waals surface area contributed by atoms with Gasteiger partial charge in [0.25, 0.3) is 0 Å². The van der Waals surface area contributed by atoms with E-state index >= 15 is 0 Å². The van der Waals surface area contributed by atoms with Crippen LogP contribution < -0.4 is 9.62 Å². The number of unbranched alkanes of at least 4 members (excludes halogenated alkanes) is 1. The van der Waals surface area contributed by atoms with Crippen molar-refractivity contribution < 1.29 is 13.2 Å². The topological polar surface area (TPSA) is 66.5 Å². The van der Waals surface area contributed by atoms with Crippen molar-refractivity contribution in [1.29, 1.82) is 0 Å². The normalized spacial score (nSPS) is 11.2. The number of amides is 1. The Hall–Kier alpha value is -1.08. The van der Waals surface area contributed by atoms with E-state index < -0.39 is 10.0 Å². The van der Waals surface area contributed by atoms with Gasteiger partial charge in [-0.1, -0.05) is 35.3 Å². The van der Waals surface area contributed by atoms with Gasteiger partial charge >= 0.3 is 0 Å². The van der Waals surface area contributed by atoms with Gasteiger partial charge in [-0.25, -0.2) is 8.42 Å². The van der Waals surface area contributed by atoms with E-state index in [9.17, 15) is 13.2 Å². The van der Waals surface area contributed by atoms with Crippen molar-refractivity contribution in [2.75, 3.05) is 23.7 Å². The Bertz CT molecular complexity index is 575. The molecule has 0 saturated heterocycles. The summed E-state index contributed by atoms with van der Waals surface area (Å²) in [5.41, 5.74) is 0.549. The lowest BCUT2D eigenvalue weighted by Gasteiger charge is -2.22. The number of benzene rings is 1. The number of nitrogens with zero attached hydrogens (tertiary/aromatic N) is 1. The van der Waals surface area contributed by atoms with E-state index in [1.54, 1.807) is 18.2 Å². The van der Waals surface area contributed by atoms with Gasteiger partial charge in [0.15, 0.2) is 0 Å². The van der Waals surface area contributed by atoms with Gasteiger partial charge in [0.1, 0.15) is 0 Å². The molecule has 0 aliphatic rings. The van der Waals surface area contributed by atoms with Gasteiger partial charge in [-0.2, -0.15) is 0 Å². The Kier molecular flexibility index (Phi) is 7.17. The highest BCUT2D eigenvalue weighted by Crippen LogP contribution is 2.22. The van der Waals surface area contributed by atoms with Crippen LogP contribution in [0.5, 0.6) is 0 Å². The van der Waals surface area contributed by atoms with Crippen molar-refractivity contribution in [3.63, 3.8) is 0 Å². The predicted molar refractivity (Wildman–Crippen MR) is 88.9 cm³/mol. The molecule has 5 nitrogen and oxygen atoms in total. The Balaban J connectivity index is 2.71.